The van der Waals surface area contributed by atoms with Gasteiger partial charge in [0, 0.05) is 12.0 Å². The second kappa shape index (κ2) is 13.0. The third-order valence-electron chi connectivity index (χ3n) is 5.80. The topological polar surface area (TPSA) is 149 Å². The molecule has 2 aromatic heterocycles. The standard InChI is InChI=1S/C30H42FN7O6/c1-12-13-20(25(32-11)42-16(2)3)34-22-17(4)26(37(27(40)43-29(5,6)7)28(41)44-30(8,9)10)38-23(36-22)18(15-33-38)24(39)35-21-14-19(21)31/h12-13,15-16,19,21H,11,14H2,1-10H3,(H,34,36)(H,35,39)/b13-12-,25-20-/t19-,21+/m0/s1. The van der Waals surface area contributed by atoms with Crippen LogP contribution in [0.2, 0.25) is 0 Å². The van der Waals surface area contributed by atoms with Gasteiger partial charge in [0.2, 0.25) is 5.88 Å². The molecule has 1 aliphatic rings. The normalized spacial score (nSPS) is 17.3. The van der Waals surface area contributed by atoms with E-state index in [1.165, 1.54) is 10.7 Å². The number of ether oxygens (including phenoxy) is 3. The summed E-state index contributed by atoms with van der Waals surface area (Å²) in [5.74, 6) is -0.450. The first kappa shape index (κ1) is 34.0. The molecule has 0 unspecified atom stereocenters. The molecule has 3 rings (SSSR count). The van der Waals surface area contributed by atoms with Gasteiger partial charge in [-0.05, 0) is 82.0 Å². The first-order valence-corrected chi connectivity index (χ1v) is 14.2. The van der Waals surface area contributed by atoms with Gasteiger partial charge in [0.05, 0.1) is 18.3 Å². The van der Waals surface area contributed by atoms with Crippen molar-refractivity contribution in [3.8, 4) is 0 Å². The molecule has 13 nitrogen and oxygen atoms in total. The Morgan fingerprint density at radius 1 is 1.16 bits per heavy atom. The maximum atomic E-state index is 13.7. The molecule has 3 amide bonds. The minimum atomic E-state index is -1.14. The predicted octanol–water partition coefficient (Wildman–Crippen LogP) is 5.84. The summed E-state index contributed by atoms with van der Waals surface area (Å²) < 4.78 is 31.8. The Morgan fingerprint density at radius 3 is 2.18 bits per heavy atom. The Labute approximate surface area is 256 Å². The van der Waals surface area contributed by atoms with Gasteiger partial charge in [-0.2, -0.15) is 14.5 Å². The van der Waals surface area contributed by atoms with Gasteiger partial charge in [0.1, 0.15) is 34.5 Å². The van der Waals surface area contributed by atoms with Gasteiger partial charge in [-0.15, -0.1) is 0 Å². The van der Waals surface area contributed by atoms with E-state index in [4.69, 9.17) is 14.2 Å². The highest BCUT2D eigenvalue weighted by molar-refractivity contribution is 6.10. The number of nitrogens with one attached hydrogen (secondary N) is 2. The highest BCUT2D eigenvalue weighted by atomic mass is 19.1. The van der Waals surface area contributed by atoms with Crippen LogP contribution in [0.5, 0.6) is 0 Å². The van der Waals surface area contributed by atoms with Gasteiger partial charge in [0.25, 0.3) is 5.91 Å². The van der Waals surface area contributed by atoms with Crippen LogP contribution in [0.1, 0.15) is 84.7 Å². The Balaban J connectivity index is 2.35. The zero-order valence-corrected chi connectivity index (χ0v) is 26.9. The number of hydrogen-bond acceptors (Lipinski definition) is 10. The van der Waals surface area contributed by atoms with Crippen LogP contribution in [0.25, 0.3) is 5.65 Å². The fraction of sp³-hybridized carbons (Fsp3) is 0.533. The average Bonchev–Trinajstić information content (AvgIpc) is 3.39. The molecule has 2 N–H and O–H groups in total. The number of hydrogen-bond donors (Lipinski definition) is 2. The summed E-state index contributed by atoms with van der Waals surface area (Å²) in [5, 5.41) is 10.1. The van der Waals surface area contributed by atoms with Crippen molar-refractivity contribution in [3.05, 3.63) is 41.1 Å². The maximum absolute atomic E-state index is 13.7. The lowest BCUT2D eigenvalue weighted by Crippen LogP contribution is -2.45. The third kappa shape index (κ3) is 8.32. The van der Waals surface area contributed by atoms with Crippen molar-refractivity contribution >= 4 is 42.1 Å². The van der Waals surface area contributed by atoms with Crippen LogP contribution in [0.3, 0.4) is 0 Å². The second-order valence-electron chi connectivity index (χ2n) is 12.5. The van der Waals surface area contributed by atoms with Crippen LogP contribution >= 0.6 is 0 Å². The summed E-state index contributed by atoms with van der Waals surface area (Å²) in [4.78, 5) is 49.9. The minimum absolute atomic E-state index is 0.0150. The number of carbonyl (C=O) groups is 3. The van der Waals surface area contributed by atoms with Gasteiger partial charge >= 0.3 is 12.2 Å². The molecule has 1 saturated carbocycles. The number of alkyl halides is 1. The summed E-state index contributed by atoms with van der Waals surface area (Å²) in [6.07, 6.45) is 1.36. The van der Waals surface area contributed by atoms with Crippen molar-refractivity contribution in [2.45, 2.75) is 105 Å². The minimum Gasteiger partial charge on any atom is -0.473 e. The number of halogens is 1. The summed E-state index contributed by atoms with van der Waals surface area (Å²) in [6, 6.07) is -0.626. The van der Waals surface area contributed by atoms with E-state index in [0.29, 0.717) is 10.6 Å². The van der Waals surface area contributed by atoms with Crippen LogP contribution in [-0.2, 0) is 14.2 Å². The van der Waals surface area contributed by atoms with Crippen molar-refractivity contribution in [2.24, 2.45) is 4.99 Å². The number of amides is 3. The highest BCUT2D eigenvalue weighted by Gasteiger charge is 2.40. The van der Waals surface area contributed by atoms with Crippen molar-refractivity contribution in [3.63, 3.8) is 0 Å². The molecular formula is C30H42FN7O6. The van der Waals surface area contributed by atoms with Gasteiger partial charge in [-0.1, -0.05) is 6.08 Å². The van der Waals surface area contributed by atoms with E-state index in [1.54, 1.807) is 67.5 Å². The number of nitrogens with zero attached hydrogens (tertiary/aromatic N) is 5. The molecule has 0 aliphatic heterocycles. The monoisotopic (exact) mass is 615 g/mol. The molecule has 2 heterocycles. The van der Waals surface area contributed by atoms with E-state index < -0.39 is 41.5 Å². The SMILES string of the molecule is C=N/C(OC(C)C)=C(\C=C/C)Nc1nc2c(C(=O)N[C@@H]3C[C@@H]3F)cnn2c(N(C(=O)OC(C)(C)C)C(=O)OC(C)(C)C)c1C. The van der Waals surface area contributed by atoms with E-state index in [-0.39, 0.29) is 46.8 Å². The van der Waals surface area contributed by atoms with Crippen molar-refractivity contribution in [1.29, 1.82) is 0 Å². The number of aromatic nitrogens is 3. The lowest BCUT2D eigenvalue weighted by atomic mass is 10.2. The van der Waals surface area contributed by atoms with E-state index in [0.717, 1.165) is 0 Å². The Kier molecular flexibility index (Phi) is 10.1. The Morgan fingerprint density at radius 2 is 1.73 bits per heavy atom. The molecular weight excluding hydrogens is 573 g/mol. The molecule has 2 atom stereocenters. The molecule has 0 saturated heterocycles. The molecule has 0 bridgehead atoms. The van der Waals surface area contributed by atoms with E-state index in [9.17, 15) is 18.8 Å². The van der Waals surface area contributed by atoms with Gasteiger partial charge in [-0.25, -0.2) is 24.0 Å². The number of rotatable bonds is 9. The lowest BCUT2D eigenvalue weighted by Gasteiger charge is -2.29. The lowest BCUT2D eigenvalue weighted by molar-refractivity contribution is 0.0427. The van der Waals surface area contributed by atoms with E-state index >= 15 is 0 Å². The molecule has 14 heteroatoms. The molecule has 240 valence electrons. The number of allylic oxidation sites excluding steroid dienone is 2. The summed E-state index contributed by atoms with van der Waals surface area (Å²) >= 11 is 0. The summed E-state index contributed by atoms with van der Waals surface area (Å²) in [6.45, 7) is 20.6. The van der Waals surface area contributed by atoms with Crippen LogP contribution in [-0.4, -0.2) is 68.9 Å². The first-order valence-electron chi connectivity index (χ1n) is 14.2. The zero-order valence-electron chi connectivity index (χ0n) is 26.9. The molecule has 0 radical (unpaired) electrons. The number of aliphatic imine (C=N–C) groups is 1. The second-order valence-corrected chi connectivity index (χ2v) is 12.5. The number of fused-ring (bicyclic) bond motifs is 1. The molecule has 1 fully saturated rings. The number of imide groups is 1. The van der Waals surface area contributed by atoms with Crippen molar-refractivity contribution < 1.29 is 33.0 Å². The third-order valence-corrected chi connectivity index (χ3v) is 5.80. The molecule has 1 aliphatic carbocycles. The zero-order chi connectivity index (χ0) is 33.1. The van der Waals surface area contributed by atoms with Crippen molar-refractivity contribution in [2.75, 3.05) is 10.2 Å². The Bertz CT molecular complexity index is 1470. The summed E-state index contributed by atoms with van der Waals surface area (Å²) in [7, 11) is 0. The highest BCUT2D eigenvalue weighted by Crippen LogP contribution is 2.33. The fourth-order valence-corrected chi connectivity index (χ4v) is 3.90. The van der Waals surface area contributed by atoms with E-state index in [2.05, 4.69) is 32.4 Å². The van der Waals surface area contributed by atoms with Crippen LogP contribution in [0, 0.1) is 6.92 Å². The van der Waals surface area contributed by atoms with Crippen LogP contribution in [0.4, 0.5) is 25.6 Å². The van der Waals surface area contributed by atoms with Crippen LogP contribution in [0.15, 0.2) is 34.9 Å². The van der Waals surface area contributed by atoms with Crippen molar-refractivity contribution in [1.82, 2.24) is 19.9 Å². The molecule has 2 aromatic rings. The number of carbonyl (C=O) groups excluding carboxylic acids is 3. The quantitative estimate of drug-likeness (QED) is 0.202. The predicted molar refractivity (Wildman–Crippen MR) is 165 cm³/mol. The smallest absolute Gasteiger partial charge is 0.425 e. The first-order chi connectivity index (χ1) is 20.4. The molecule has 44 heavy (non-hydrogen) atoms. The molecule has 0 aromatic carbocycles. The van der Waals surface area contributed by atoms with Gasteiger partial charge < -0.3 is 24.8 Å². The van der Waals surface area contributed by atoms with Crippen LogP contribution < -0.4 is 15.5 Å². The fourth-order valence-electron chi connectivity index (χ4n) is 3.90. The average molecular weight is 616 g/mol. The maximum Gasteiger partial charge on any atom is 0.425 e. The van der Waals surface area contributed by atoms with E-state index in [1.807, 2.05) is 13.8 Å². The largest absolute Gasteiger partial charge is 0.473 e. The van der Waals surface area contributed by atoms with Gasteiger partial charge in [-0.3, -0.25) is 4.79 Å². The number of anilines is 2. The molecule has 0 spiro atoms. The Hall–Kier alpha value is -4.49. The summed E-state index contributed by atoms with van der Waals surface area (Å²) in [5.41, 5.74) is -1.41. The van der Waals surface area contributed by atoms with Gasteiger partial charge in [0.15, 0.2) is 11.5 Å².